The Labute approximate surface area is 124 Å². The lowest BCUT2D eigenvalue weighted by atomic mass is 10.2. The summed E-state index contributed by atoms with van der Waals surface area (Å²) in [7, 11) is -8.25. The number of nitriles is 1. The van der Waals surface area contributed by atoms with Crippen LogP contribution in [0.25, 0.3) is 0 Å². The normalized spacial score (nSPS) is 12.0. The summed E-state index contributed by atoms with van der Waals surface area (Å²) in [5.41, 5.74) is -0.0251. The number of hydrogen-bond donors (Lipinski definition) is 1. The first-order chi connectivity index (χ1) is 9.66. The van der Waals surface area contributed by atoms with Crippen LogP contribution in [0.1, 0.15) is 5.56 Å². The summed E-state index contributed by atoms with van der Waals surface area (Å²) >= 11 is 0.428. The second kappa shape index (κ2) is 5.19. The van der Waals surface area contributed by atoms with Gasteiger partial charge in [0.05, 0.1) is 11.6 Å². The average Bonchev–Trinajstić information content (AvgIpc) is 2.88. The highest BCUT2D eigenvalue weighted by Crippen LogP contribution is 2.31. The summed E-state index contributed by atoms with van der Waals surface area (Å²) in [5.74, 6) is -1.08. The molecule has 0 aliphatic carbocycles. The molecule has 1 heterocycles. The number of thiophene rings is 1. The number of primary sulfonamides is 1. The van der Waals surface area contributed by atoms with E-state index in [2.05, 4.69) is 0 Å². The topological polar surface area (TPSA) is 118 Å². The summed E-state index contributed by atoms with van der Waals surface area (Å²) in [6.07, 6.45) is 0. The van der Waals surface area contributed by atoms with Gasteiger partial charge in [-0.05, 0) is 30.3 Å². The number of nitrogens with zero attached hydrogens (tertiary/aromatic N) is 1. The first-order valence-corrected chi connectivity index (χ1v) is 9.08. The van der Waals surface area contributed by atoms with Gasteiger partial charge in [0.25, 0.3) is 0 Å². The van der Waals surface area contributed by atoms with Gasteiger partial charge in [-0.3, -0.25) is 0 Å². The first-order valence-electron chi connectivity index (χ1n) is 5.23. The molecule has 0 bridgehead atoms. The molecule has 1 aromatic heterocycles. The highest BCUT2D eigenvalue weighted by atomic mass is 32.3. The van der Waals surface area contributed by atoms with E-state index in [1.807, 2.05) is 0 Å². The van der Waals surface area contributed by atoms with Crippen LogP contribution in [-0.2, 0) is 19.9 Å². The molecule has 2 N–H and O–H groups in total. The zero-order valence-electron chi connectivity index (χ0n) is 10.1. The van der Waals surface area contributed by atoms with Crippen molar-refractivity contribution in [1.29, 1.82) is 5.26 Å². The summed E-state index contributed by atoms with van der Waals surface area (Å²) in [6, 6.07) is 6.66. The average molecular weight is 346 g/mol. The van der Waals surface area contributed by atoms with E-state index in [1.54, 1.807) is 6.07 Å². The van der Waals surface area contributed by atoms with Crippen LogP contribution in [-0.4, -0.2) is 16.8 Å². The van der Waals surface area contributed by atoms with Gasteiger partial charge in [-0.15, -0.1) is 11.3 Å². The van der Waals surface area contributed by atoms with Crippen molar-refractivity contribution in [3.8, 4) is 6.07 Å². The van der Waals surface area contributed by atoms with Crippen molar-refractivity contribution < 1.29 is 21.2 Å². The Morgan fingerprint density at radius 2 is 1.71 bits per heavy atom. The van der Waals surface area contributed by atoms with Crippen molar-refractivity contribution >= 4 is 31.2 Å². The van der Waals surface area contributed by atoms with E-state index in [1.165, 1.54) is 0 Å². The van der Waals surface area contributed by atoms with Crippen LogP contribution in [0.3, 0.4) is 0 Å². The van der Waals surface area contributed by atoms with Gasteiger partial charge in [0.1, 0.15) is 19.1 Å². The van der Waals surface area contributed by atoms with Crippen LogP contribution >= 0.6 is 11.3 Å². The third-order valence-electron chi connectivity index (χ3n) is 2.45. The van der Waals surface area contributed by atoms with Crippen LogP contribution in [0.2, 0.25) is 0 Å². The molecule has 0 amide bonds. The largest absolute Gasteiger partial charge is 0.247 e. The lowest BCUT2D eigenvalue weighted by Crippen LogP contribution is -2.10. The third-order valence-corrected chi connectivity index (χ3v) is 7.26. The Hall–Kier alpha value is -1.80. The summed E-state index contributed by atoms with van der Waals surface area (Å²) in [6.45, 7) is 0. The highest BCUT2D eigenvalue weighted by molar-refractivity contribution is 7.95. The predicted octanol–water partition coefficient (Wildman–Crippen LogP) is 1.24. The van der Waals surface area contributed by atoms with Crippen LogP contribution < -0.4 is 5.14 Å². The van der Waals surface area contributed by atoms with Crippen molar-refractivity contribution in [3.05, 3.63) is 41.7 Å². The van der Waals surface area contributed by atoms with Gasteiger partial charge in [0, 0.05) is 0 Å². The van der Waals surface area contributed by atoms with Gasteiger partial charge in [-0.2, -0.15) is 5.26 Å². The van der Waals surface area contributed by atoms with Crippen molar-refractivity contribution in [3.63, 3.8) is 0 Å². The van der Waals surface area contributed by atoms with Crippen molar-refractivity contribution in [2.45, 2.75) is 13.3 Å². The zero-order chi connectivity index (χ0) is 15.8. The Morgan fingerprint density at radius 3 is 2.19 bits per heavy atom. The van der Waals surface area contributed by atoms with E-state index in [4.69, 9.17) is 10.4 Å². The molecule has 0 spiro atoms. The molecule has 0 aliphatic rings. The maximum atomic E-state index is 13.8. The van der Waals surface area contributed by atoms with E-state index >= 15 is 0 Å². The van der Waals surface area contributed by atoms with Crippen LogP contribution in [0.15, 0.2) is 43.6 Å². The number of sulfone groups is 1. The minimum atomic E-state index is -4.22. The van der Waals surface area contributed by atoms with E-state index in [-0.39, 0.29) is 14.0 Å². The molecular formula is C11H7FN2O4S3. The second-order valence-electron chi connectivity index (χ2n) is 3.88. The fourth-order valence-electron chi connectivity index (χ4n) is 1.50. The smallest absolute Gasteiger partial charge is 0.224 e. The lowest BCUT2D eigenvalue weighted by molar-refractivity contribution is 0.568. The van der Waals surface area contributed by atoms with Crippen LogP contribution in [0.4, 0.5) is 4.39 Å². The fraction of sp³-hybridized carbons (Fsp3) is 0. The molecule has 0 aliphatic heterocycles. The maximum absolute atomic E-state index is 13.8. The predicted molar refractivity (Wildman–Crippen MR) is 72.3 cm³/mol. The van der Waals surface area contributed by atoms with Gasteiger partial charge in [-0.1, -0.05) is 0 Å². The number of benzene rings is 1. The monoisotopic (exact) mass is 346 g/mol. The van der Waals surface area contributed by atoms with Gasteiger partial charge in [-0.25, -0.2) is 26.4 Å². The van der Waals surface area contributed by atoms with Crippen molar-refractivity contribution in [2.24, 2.45) is 5.14 Å². The Bertz CT molecular complexity index is 956. The molecule has 10 heteroatoms. The standard InChI is InChI=1S/C11H7FN2O4S3/c12-8-5-7(6-13)1-2-9(8)20(15,16)10-3-4-11(19-10)21(14,17)18/h1-5H,(H2,14,17,18). The quantitative estimate of drug-likeness (QED) is 0.897. The number of sulfonamides is 1. The third kappa shape index (κ3) is 2.96. The Morgan fingerprint density at radius 1 is 1.10 bits per heavy atom. The fourth-order valence-corrected chi connectivity index (χ4v) is 5.12. The lowest BCUT2D eigenvalue weighted by Gasteiger charge is -2.03. The van der Waals surface area contributed by atoms with Gasteiger partial charge in [0.2, 0.25) is 19.9 Å². The molecule has 110 valence electrons. The molecule has 0 saturated carbocycles. The molecule has 21 heavy (non-hydrogen) atoms. The van der Waals surface area contributed by atoms with Gasteiger partial charge in [0.15, 0.2) is 0 Å². The Balaban J connectivity index is 2.58. The van der Waals surface area contributed by atoms with Crippen LogP contribution in [0.5, 0.6) is 0 Å². The van der Waals surface area contributed by atoms with Crippen molar-refractivity contribution in [1.82, 2.24) is 0 Å². The Kier molecular flexibility index (Phi) is 3.85. The molecule has 0 saturated heterocycles. The molecule has 1 aromatic carbocycles. The number of rotatable bonds is 3. The summed E-state index contributed by atoms with van der Waals surface area (Å²) in [4.78, 5) is -0.635. The van der Waals surface area contributed by atoms with E-state index in [0.29, 0.717) is 11.3 Å². The SMILES string of the molecule is N#Cc1ccc(S(=O)(=O)c2ccc(S(N)(=O)=O)s2)c(F)c1. The molecule has 0 fully saturated rings. The van der Waals surface area contributed by atoms with E-state index in [9.17, 15) is 21.2 Å². The van der Waals surface area contributed by atoms with E-state index < -0.39 is 30.6 Å². The molecule has 0 unspecified atom stereocenters. The highest BCUT2D eigenvalue weighted by Gasteiger charge is 2.25. The number of halogens is 1. The zero-order valence-corrected chi connectivity index (χ0v) is 12.6. The number of nitrogens with two attached hydrogens (primary N) is 1. The van der Waals surface area contributed by atoms with Crippen molar-refractivity contribution in [2.75, 3.05) is 0 Å². The minimum absolute atomic E-state index is 0.0251. The molecule has 2 aromatic rings. The minimum Gasteiger partial charge on any atom is -0.224 e. The summed E-state index contributed by atoms with van der Waals surface area (Å²) < 4.78 is 59.9. The number of hydrogen-bond acceptors (Lipinski definition) is 6. The van der Waals surface area contributed by atoms with Gasteiger partial charge < -0.3 is 0 Å². The molecule has 0 atom stereocenters. The second-order valence-corrected chi connectivity index (χ2v) is 8.90. The van der Waals surface area contributed by atoms with E-state index in [0.717, 1.165) is 30.3 Å². The molecule has 2 rings (SSSR count). The maximum Gasteiger partial charge on any atom is 0.247 e. The van der Waals surface area contributed by atoms with Crippen LogP contribution in [0, 0.1) is 17.1 Å². The first kappa shape index (κ1) is 15.6. The summed E-state index contributed by atoms with van der Waals surface area (Å²) in [5, 5.41) is 13.5. The molecular weight excluding hydrogens is 339 g/mol. The molecule has 6 nitrogen and oxygen atoms in total. The van der Waals surface area contributed by atoms with Gasteiger partial charge >= 0.3 is 0 Å². The molecule has 0 radical (unpaired) electrons.